The minimum Gasteiger partial charge on any atom is -0.313 e. The van der Waals surface area contributed by atoms with Crippen LogP contribution in [0, 0.1) is 5.82 Å². The zero-order chi connectivity index (χ0) is 13.1. The second-order valence-corrected chi connectivity index (χ2v) is 4.81. The molecule has 1 aliphatic heterocycles. The average Bonchev–Trinajstić information content (AvgIpc) is 2.47. The van der Waals surface area contributed by atoms with Crippen LogP contribution in [0.3, 0.4) is 0 Å². The molecule has 0 aromatic heterocycles. The van der Waals surface area contributed by atoms with E-state index in [1.165, 1.54) is 22.6 Å². The van der Waals surface area contributed by atoms with Crippen molar-refractivity contribution in [2.45, 2.75) is 13.5 Å². The Balaban J connectivity index is 2.11. The summed E-state index contributed by atoms with van der Waals surface area (Å²) in [5.74, 6) is -0.333. The van der Waals surface area contributed by atoms with Gasteiger partial charge in [0.2, 0.25) is 5.12 Å². The predicted molar refractivity (Wildman–Crippen MR) is 66.8 cm³/mol. The Morgan fingerprint density at radius 1 is 1.28 bits per heavy atom. The summed E-state index contributed by atoms with van der Waals surface area (Å²) in [6.07, 6.45) is 1.39. The third-order valence-corrected chi connectivity index (χ3v) is 3.40. The van der Waals surface area contributed by atoms with E-state index in [2.05, 4.69) is 5.32 Å². The number of benzene rings is 1. The summed E-state index contributed by atoms with van der Waals surface area (Å²) in [5.41, 5.74) is 1.24. The van der Waals surface area contributed by atoms with E-state index in [1.807, 2.05) is 0 Å². The number of nitrogens with one attached hydrogen (secondary N) is 1. The quantitative estimate of drug-likeness (QED) is 0.836. The van der Waals surface area contributed by atoms with Crippen molar-refractivity contribution in [2.24, 2.45) is 0 Å². The highest BCUT2D eigenvalue weighted by atomic mass is 32.2. The first-order valence-electron chi connectivity index (χ1n) is 5.28. The van der Waals surface area contributed by atoms with Gasteiger partial charge in [-0.25, -0.2) is 9.18 Å². The first-order valence-corrected chi connectivity index (χ1v) is 6.05. The molecule has 1 heterocycles. The van der Waals surface area contributed by atoms with Gasteiger partial charge in [-0.15, -0.1) is 0 Å². The van der Waals surface area contributed by atoms with Crippen LogP contribution in [-0.4, -0.2) is 15.5 Å². The Bertz CT molecular complexity index is 513. The van der Waals surface area contributed by atoms with Crippen LogP contribution in [0.4, 0.5) is 9.18 Å². The molecule has 0 radical (unpaired) electrons. The molecule has 4 nitrogen and oxygen atoms in total. The summed E-state index contributed by atoms with van der Waals surface area (Å²) in [6, 6.07) is 5.44. The summed E-state index contributed by atoms with van der Waals surface area (Å²) in [6.45, 7) is 1.88. The summed E-state index contributed by atoms with van der Waals surface area (Å²) < 4.78 is 14.1. The summed E-state index contributed by atoms with van der Waals surface area (Å²) in [4.78, 5) is 23.3. The lowest BCUT2D eigenvalue weighted by Gasteiger charge is -2.17. The predicted octanol–water partition coefficient (Wildman–Crippen LogP) is 2.43. The van der Waals surface area contributed by atoms with E-state index < -0.39 is 0 Å². The van der Waals surface area contributed by atoms with Crippen molar-refractivity contribution in [3.8, 4) is 0 Å². The van der Waals surface area contributed by atoms with Crippen molar-refractivity contribution in [2.75, 3.05) is 0 Å². The minimum atomic E-state index is -0.366. The molecule has 1 aliphatic rings. The standard InChI is InChI=1S/C12H11FN2O2S/c1-8-6-14-12(17)15(18-11(8)16)7-9-2-4-10(13)5-3-9/h2-6H,7H2,1H3,(H,14,17). The van der Waals surface area contributed by atoms with E-state index in [4.69, 9.17) is 0 Å². The summed E-state index contributed by atoms with van der Waals surface area (Å²) >= 11 is 0.843. The van der Waals surface area contributed by atoms with E-state index in [1.54, 1.807) is 19.1 Å². The van der Waals surface area contributed by atoms with Gasteiger partial charge in [-0.05, 0) is 24.6 Å². The molecular weight excluding hydrogens is 255 g/mol. The molecule has 0 spiro atoms. The van der Waals surface area contributed by atoms with E-state index in [0.717, 1.165) is 17.5 Å². The number of urea groups is 1. The van der Waals surface area contributed by atoms with Crippen molar-refractivity contribution < 1.29 is 14.0 Å². The van der Waals surface area contributed by atoms with Gasteiger partial charge in [-0.2, -0.15) is 0 Å². The number of nitrogens with zero attached hydrogens (tertiary/aromatic N) is 1. The highest BCUT2D eigenvalue weighted by Crippen LogP contribution is 2.21. The third kappa shape index (κ3) is 2.89. The molecule has 2 amide bonds. The van der Waals surface area contributed by atoms with Gasteiger partial charge in [0, 0.05) is 23.7 Å². The van der Waals surface area contributed by atoms with Crippen LogP contribution in [0.25, 0.3) is 0 Å². The number of carbonyl (C=O) groups is 2. The monoisotopic (exact) mass is 266 g/mol. The van der Waals surface area contributed by atoms with Crippen LogP contribution in [0.5, 0.6) is 0 Å². The van der Waals surface area contributed by atoms with Crippen LogP contribution in [0.15, 0.2) is 36.0 Å². The Morgan fingerprint density at radius 3 is 2.61 bits per heavy atom. The lowest BCUT2D eigenvalue weighted by atomic mass is 10.2. The fourth-order valence-electron chi connectivity index (χ4n) is 1.37. The second kappa shape index (κ2) is 5.22. The molecule has 0 aliphatic carbocycles. The highest BCUT2D eigenvalue weighted by molar-refractivity contribution is 8.12. The molecule has 1 aromatic rings. The third-order valence-electron chi connectivity index (χ3n) is 2.39. The van der Waals surface area contributed by atoms with Crippen molar-refractivity contribution in [1.82, 2.24) is 9.62 Å². The Hall–Kier alpha value is -1.82. The molecule has 0 atom stereocenters. The van der Waals surface area contributed by atoms with Crippen molar-refractivity contribution in [1.29, 1.82) is 0 Å². The number of hydrogen-bond acceptors (Lipinski definition) is 3. The van der Waals surface area contributed by atoms with Gasteiger partial charge in [0.25, 0.3) is 0 Å². The van der Waals surface area contributed by atoms with E-state index in [0.29, 0.717) is 5.57 Å². The number of carbonyl (C=O) groups excluding carboxylic acids is 2. The van der Waals surface area contributed by atoms with Gasteiger partial charge >= 0.3 is 6.03 Å². The second-order valence-electron chi connectivity index (χ2n) is 3.82. The Kier molecular flexibility index (Phi) is 3.66. The number of amides is 2. The number of halogens is 1. The molecule has 0 saturated carbocycles. The van der Waals surface area contributed by atoms with Crippen molar-refractivity contribution in [3.63, 3.8) is 0 Å². The lowest BCUT2D eigenvalue weighted by molar-refractivity contribution is -0.108. The molecule has 0 bridgehead atoms. The molecule has 0 unspecified atom stereocenters. The highest BCUT2D eigenvalue weighted by Gasteiger charge is 2.22. The Labute approximate surface area is 108 Å². The molecule has 18 heavy (non-hydrogen) atoms. The summed E-state index contributed by atoms with van der Waals surface area (Å²) in [5, 5.41) is 2.33. The van der Waals surface area contributed by atoms with Gasteiger partial charge < -0.3 is 5.32 Å². The van der Waals surface area contributed by atoms with Gasteiger partial charge in [-0.1, -0.05) is 12.1 Å². The van der Waals surface area contributed by atoms with Gasteiger partial charge in [0.05, 0.1) is 6.54 Å². The van der Waals surface area contributed by atoms with Gasteiger partial charge in [-0.3, -0.25) is 9.10 Å². The lowest BCUT2D eigenvalue weighted by Crippen LogP contribution is -2.31. The Morgan fingerprint density at radius 2 is 1.94 bits per heavy atom. The largest absolute Gasteiger partial charge is 0.332 e. The van der Waals surface area contributed by atoms with E-state index in [-0.39, 0.29) is 23.5 Å². The van der Waals surface area contributed by atoms with Crippen LogP contribution in [0.2, 0.25) is 0 Å². The van der Waals surface area contributed by atoms with E-state index in [9.17, 15) is 14.0 Å². The van der Waals surface area contributed by atoms with Crippen LogP contribution >= 0.6 is 11.9 Å². The molecule has 6 heteroatoms. The summed E-state index contributed by atoms with van der Waals surface area (Å²) in [7, 11) is 0. The maximum Gasteiger partial charge on any atom is 0.332 e. The first-order chi connectivity index (χ1) is 8.56. The van der Waals surface area contributed by atoms with E-state index >= 15 is 0 Å². The molecule has 0 fully saturated rings. The minimum absolute atomic E-state index is 0.185. The van der Waals surface area contributed by atoms with Crippen LogP contribution in [0.1, 0.15) is 12.5 Å². The molecule has 2 rings (SSSR count). The fourth-order valence-corrected chi connectivity index (χ4v) is 2.13. The molecular formula is C12H11FN2O2S. The fraction of sp³-hybridized carbons (Fsp3) is 0.167. The van der Waals surface area contributed by atoms with Gasteiger partial charge in [0.1, 0.15) is 5.82 Å². The van der Waals surface area contributed by atoms with Crippen molar-refractivity contribution in [3.05, 3.63) is 47.4 Å². The number of rotatable bonds is 2. The molecule has 1 N–H and O–H groups in total. The molecule has 0 saturated heterocycles. The first kappa shape index (κ1) is 12.6. The maximum absolute atomic E-state index is 12.8. The van der Waals surface area contributed by atoms with Crippen LogP contribution in [-0.2, 0) is 11.3 Å². The maximum atomic E-state index is 12.8. The molecule has 1 aromatic carbocycles. The number of hydrogen-bond donors (Lipinski definition) is 1. The zero-order valence-corrected chi connectivity index (χ0v) is 10.5. The van der Waals surface area contributed by atoms with Crippen LogP contribution < -0.4 is 5.32 Å². The SMILES string of the molecule is CC1=CNC(=O)N(Cc2ccc(F)cc2)SC1=O. The normalized spacial score (nSPS) is 16.1. The topological polar surface area (TPSA) is 49.4 Å². The average molecular weight is 266 g/mol. The smallest absolute Gasteiger partial charge is 0.313 e. The molecule has 94 valence electrons. The zero-order valence-electron chi connectivity index (χ0n) is 9.64. The van der Waals surface area contributed by atoms with Gasteiger partial charge in [0.15, 0.2) is 0 Å². The van der Waals surface area contributed by atoms with Crippen molar-refractivity contribution >= 4 is 23.1 Å².